The number of carbonyl (C=O) groups is 2. The highest BCUT2D eigenvalue weighted by molar-refractivity contribution is 7.17. The van der Waals surface area contributed by atoms with Crippen LogP contribution in [0.25, 0.3) is 0 Å². The van der Waals surface area contributed by atoms with Crippen molar-refractivity contribution < 1.29 is 14.3 Å². The molecule has 5 nitrogen and oxygen atoms in total. The summed E-state index contributed by atoms with van der Waals surface area (Å²) in [5.74, 6) is 0.772. The van der Waals surface area contributed by atoms with Gasteiger partial charge in [-0.15, -0.1) is 11.3 Å². The number of thiophene rings is 1. The second-order valence-corrected chi connectivity index (χ2v) is 8.05. The summed E-state index contributed by atoms with van der Waals surface area (Å²) in [4.78, 5) is 25.6. The smallest absolute Gasteiger partial charge is 0.251 e. The van der Waals surface area contributed by atoms with Crippen LogP contribution in [0.5, 0.6) is 5.75 Å². The van der Waals surface area contributed by atoms with Gasteiger partial charge in [0.25, 0.3) is 5.91 Å². The Morgan fingerprint density at radius 2 is 2.15 bits per heavy atom. The molecule has 0 bridgehead atoms. The molecular weight excluding hydrogens is 348 g/mol. The Morgan fingerprint density at radius 1 is 1.38 bits per heavy atom. The minimum Gasteiger partial charge on any atom is -0.496 e. The fourth-order valence-electron chi connectivity index (χ4n) is 3.51. The van der Waals surface area contributed by atoms with Crippen molar-refractivity contribution in [3.8, 4) is 5.75 Å². The van der Waals surface area contributed by atoms with Gasteiger partial charge in [-0.25, -0.2) is 0 Å². The molecule has 1 aliphatic carbocycles. The lowest BCUT2D eigenvalue weighted by molar-refractivity contribution is -0.115. The molecule has 0 saturated carbocycles. The molecule has 1 aromatic carbocycles. The number of benzene rings is 1. The number of fused-ring (bicyclic) bond motifs is 1. The van der Waals surface area contributed by atoms with Crippen molar-refractivity contribution in [2.45, 2.75) is 39.5 Å². The number of amides is 2. The number of rotatable bonds is 5. The van der Waals surface area contributed by atoms with Crippen molar-refractivity contribution in [3.63, 3.8) is 0 Å². The van der Waals surface area contributed by atoms with E-state index >= 15 is 0 Å². The van der Waals surface area contributed by atoms with Crippen molar-refractivity contribution in [3.05, 3.63) is 45.3 Å². The van der Waals surface area contributed by atoms with Crippen LogP contribution in [-0.2, 0) is 24.1 Å². The molecule has 2 amide bonds. The van der Waals surface area contributed by atoms with E-state index in [1.165, 1.54) is 16.2 Å². The third-order valence-electron chi connectivity index (χ3n) is 4.83. The number of nitrogens with one attached hydrogen (secondary N) is 1. The summed E-state index contributed by atoms with van der Waals surface area (Å²) in [6.45, 7) is 4.15. The van der Waals surface area contributed by atoms with Crippen molar-refractivity contribution in [1.82, 2.24) is 0 Å². The highest BCUT2D eigenvalue weighted by Crippen LogP contribution is 2.39. The Hall–Kier alpha value is -2.34. The molecular formula is C20H24N2O3S. The van der Waals surface area contributed by atoms with E-state index in [-0.39, 0.29) is 12.3 Å². The first-order valence-electron chi connectivity index (χ1n) is 8.76. The fraction of sp³-hybridized carbons (Fsp3) is 0.400. The summed E-state index contributed by atoms with van der Waals surface area (Å²) >= 11 is 1.49. The first-order chi connectivity index (χ1) is 12.4. The number of ether oxygens (including phenoxy) is 1. The molecule has 0 spiro atoms. The third kappa shape index (κ3) is 3.75. The lowest BCUT2D eigenvalue weighted by Crippen LogP contribution is -2.20. The first-order valence-corrected chi connectivity index (χ1v) is 9.58. The van der Waals surface area contributed by atoms with Crippen molar-refractivity contribution >= 4 is 28.2 Å². The van der Waals surface area contributed by atoms with Crippen molar-refractivity contribution in [1.29, 1.82) is 0 Å². The molecule has 1 aliphatic rings. The number of hydrogen-bond donors (Lipinski definition) is 2. The number of anilines is 1. The molecule has 0 fully saturated rings. The highest BCUT2D eigenvalue weighted by Gasteiger charge is 2.27. The Bertz CT molecular complexity index is 857. The lowest BCUT2D eigenvalue weighted by atomic mass is 9.88. The van der Waals surface area contributed by atoms with Gasteiger partial charge in [-0.2, -0.15) is 0 Å². The van der Waals surface area contributed by atoms with E-state index < -0.39 is 5.91 Å². The summed E-state index contributed by atoms with van der Waals surface area (Å²) in [5, 5.41) is 3.50. The number of nitrogens with two attached hydrogens (primary N) is 1. The Balaban J connectivity index is 1.79. The first kappa shape index (κ1) is 18.5. The SMILES string of the molecule is COc1ccc(CC(=O)Nc2sc3c(c2C(N)=O)CCC(C)C3)cc1C. The molecule has 0 aliphatic heterocycles. The molecule has 0 saturated heterocycles. The highest BCUT2D eigenvalue weighted by atomic mass is 32.1. The second kappa shape index (κ2) is 7.50. The summed E-state index contributed by atoms with van der Waals surface area (Å²) < 4.78 is 5.25. The van der Waals surface area contributed by atoms with Crippen LogP contribution in [-0.4, -0.2) is 18.9 Å². The van der Waals surface area contributed by atoms with Crippen LogP contribution < -0.4 is 15.8 Å². The van der Waals surface area contributed by atoms with Crippen LogP contribution in [0.4, 0.5) is 5.00 Å². The van der Waals surface area contributed by atoms with E-state index in [1.807, 2.05) is 25.1 Å². The molecule has 138 valence electrons. The maximum atomic E-state index is 12.5. The molecule has 2 aromatic rings. The molecule has 1 unspecified atom stereocenters. The van der Waals surface area contributed by atoms with E-state index in [0.717, 1.165) is 41.7 Å². The lowest BCUT2D eigenvalue weighted by Gasteiger charge is -2.18. The zero-order valence-electron chi connectivity index (χ0n) is 15.3. The summed E-state index contributed by atoms with van der Waals surface area (Å²) in [6, 6.07) is 5.67. The van der Waals surface area contributed by atoms with E-state index in [0.29, 0.717) is 16.5 Å². The van der Waals surface area contributed by atoms with E-state index in [1.54, 1.807) is 7.11 Å². The largest absolute Gasteiger partial charge is 0.496 e. The predicted molar refractivity (Wildman–Crippen MR) is 104 cm³/mol. The maximum absolute atomic E-state index is 12.5. The fourth-order valence-corrected chi connectivity index (χ4v) is 4.94. The number of primary amides is 1. The van der Waals surface area contributed by atoms with Crippen LogP contribution in [0, 0.1) is 12.8 Å². The zero-order valence-corrected chi connectivity index (χ0v) is 16.2. The molecule has 6 heteroatoms. The van der Waals surface area contributed by atoms with Gasteiger partial charge in [-0.05, 0) is 54.9 Å². The van der Waals surface area contributed by atoms with Crippen LogP contribution in [0.1, 0.15) is 45.3 Å². The molecule has 0 radical (unpaired) electrons. The van der Waals surface area contributed by atoms with E-state index in [2.05, 4.69) is 12.2 Å². The molecule has 3 N–H and O–H groups in total. The third-order valence-corrected chi connectivity index (χ3v) is 6.00. The van der Waals surface area contributed by atoms with E-state index in [9.17, 15) is 9.59 Å². The van der Waals surface area contributed by atoms with Gasteiger partial charge in [0.15, 0.2) is 0 Å². The van der Waals surface area contributed by atoms with Crippen LogP contribution in [0.15, 0.2) is 18.2 Å². The van der Waals surface area contributed by atoms with Gasteiger partial charge in [0.2, 0.25) is 5.91 Å². The average Bonchev–Trinajstić information content (AvgIpc) is 2.91. The average molecular weight is 372 g/mol. The second-order valence-electron chi connectivity index (χ2n) is 6.95. The minimum atomic E-state index is -0.465. The van der Waals surface area contributed by atoms with Crippen LogP contribution in [0.3, 0.4) is 0 Å². The topological polar surface area (TPSA) is 81.4 Å². The number of hydrogen-bond acceptors (Lipinski definition) is 4. The maximum Gasteiger partial charge on any atom is 0.251 e. The Labute approximate surface area is 157 Å². The molecule has 3 rings (SSSR count). The van der Waals surface area contributed by atoms with E-state index in [4.69, 9.17) is 10.5 Å². The Kier molecular flexibility index (Phi) is 5.32. The normalized spacial score (nSPS) is 16.0. The molecule has 1 atom stereocenters. The summed E-state index contributed by atoms with van der Waals surface area (Å²) in [5.41, 5.74) is 9.00. The molecule has 1 heterocycles. The summed E-state index contributed by atoms with van der Waals surface area (Å²) in [6.07, 6.45) is 3.07. The van der Waals surface area contributed by atoms with Gasteiger partial charge in [-0.3, -0.25) is 9.59 Å². The minimum absolute atomic E-state index is 0.149. The molecule has 26 heavy (non-hydrogen) atoms. The number of aryl methyl sites for hydroxylation is 1. The predicted octanol–water partition coefficient (Wildman–Crippen LogP) is 3.47. The summed E-state index contributed by atoms with van der Waals surface area (Å²) in [7, 11) is 1.62. The van der Waals surface area contributed by atoms with Crippen molar-refractivity contribution in [2.75, 3.05) is 12.4 Å². The Morgan fingerprint density at radius 3 is 2.81 bits per heavy atom. The van der Waals surface area contributed by atoms with Gasteiger partial charge in [-0.1, -0.05) is 19.1 Å². The molecule has 1 aromatic heterocycles. The quantitative estimate of drug-likeness (QED) is 0.843. The van der Waals surface area contributed by atoms with Gasteiger partial charge < -0.3 is 15.8 Å². The van der Waals surface area contributed by atoms with Crippen LogP contribution >= 0.6 is 11.3 Å². The van der Waals surface area contributed by atoms with Crippen molar-refractivity contribution in [2.24, 2.45) is 11.7 Å². The number of methoxy groups -OCH3 is 1. The van der Waals surface area contributed by atoms with Gasteiger partial charge in [0, 0.05) is 4.88 Å². The van der Waals surface area contributed by atoms with Gasteiger partial charge >= 0.3 is 0 Å². The zero-order chi connectivity index (χ0) is 18.8. The standard InChI is InChI=1S/C20H24N2O3S/c1-11-4-6-14-16(8-11)26-20(18(14)19(21)24)22-17(23)10-13-5-7-15(25-3)12(2)9-13/h5,7,9,11H,4,6,8,10H2,1-3H3,(H2,21,24)(H,22,23). The number of carbonyl (C=O) groups excluding carboxylic acids is 2. The van der Waals surface area contributed by atoms with Crippen LogP contribution in [0.2, 0.25) is 0 Å². The van der Waals surface area contributed by atoms with Gasteiger partial charge in [0.1, 0.15) is 10.8 Å². The monoisotopic (exact) mass is 372 g/mol. The van der Waals surface area contributed by atoms with Gasteiger partial charge in [0.05, 0.1) is 19.1 Å².